The molecule has 0 unspecified atom stereocenters. The van der Waals surface area contributed by atoms with Crippen molar-refractivity contribution >= 4 is 21.9 Å². The van der Waals surface area contributed by atoms with Crippen LogP contribution in [0.3, 0.4) is 0 Å². The molecule has 0 aliphatic heterocycles. The Morgan fingerprint density at radius 1 is 1.62 bits per heavy atom. The number of hydrogen-bond donors (Lipinski definition) is 0. The summed E-state index contributed by atoms with van der Waals surface area (Å²) < 4.78 is 30.3. The zero-order chi connectivity index (χ0) is 12.3. The number of carbonyl (C=O) groups excluding carboxylic acids is 1. The second-order valence-electron chi connectivity index (χ2n) is 3.01. The Labute approximate surface area is 99.9 Å². The van der Waals surface area contributed by atoms with Gasteiger partial charge in [-0.2, -0.15) is 0 Å². The number of alkyl halides is 2. The Kier molecular flexibility index (Phi) is 4.35. The van der Waals surface area contributed by atoms with Crippen LogP contribution >= 0.6 is 15.9 Å². The molecule has 0 aliphatic carbocycles. The zero-order valence-corrected chi connectivity index (χ0v) is 10.3. The highest BCUT2D eigenvalue weighted by atomic mass is 79.9. The standard InChI is InChI=1S/C10H10BrF2NO2/c1-3-16-10(15)8-5(2)7(9(12)13)6(11)4-14-8/h4,9H,3H2,1-2H3. The molecule has 0 amide bonds. The predicted molar refractivity (Wildman–Crippen MR) is 57.6 cm³/mol. The van der Waals surface area contributed by atoms with E-state index in [9.17, 15) is 13.6 Å². The number of halogens is 3. The lowest BCUT2D eigenvalue weighted by Crippen LogP contribution is -2.11. The molecule has 0 N–H and O–H groups in total. The molecule has 0 spiro atoms. The Morgan fingerprint density at radius 2 is 2.25 bits per heavy atom. The van der Waals surface area contributed by atoms with E-state index in [4.69, 9.17) is 4.74 Å². The summed E-state index contributed by atoms with van der Waals surface area (Å²) in [4.78, 5) is 15.2. The van der Waals surface area contributed by atoms with Gasteiger partial charge in [0.15, 0.2) is 5.69 Å². The Hall–Kier alpha value is -1.04. The molecular formula is C10H10BrF2NO2. The molecule has 0 saturated heterocycles. The molecule has 1 aromatic rings. The van der Waals surface area contributed by atoms with E-state index in [1.807, 2.05) is 0 Å². The molecule has 6 heteroatoms. The molecule has 0 fully saturated rings. The fourth-order valence-corrected chi connectivity index (χ4v) is 1.84. The van der Waals surface area contributed by atoms with Crippen LogP contribution in [-0.2, 0) is 4.74 Å². The number of esters is 1. The van der Waals surface area contributed by atoms with Gasteiger partial charge in [0.1, 0.15) is 0 Å². The molecule has 88 valence electrons. The summed E-state index contributed by atoms with van der Waals surface area (Å²) in [7, 11) is 0. The average molecular weight is 294 g/mol. The fourth-order valence-electron chi connectivity index (χ4n) is 1.27. The van der Waals surface area contributed by atoms with Crippen LogP contribution in [0.2, 0.25) is 0 Å². The third-order valence-corrected chi connectivity index (χ3v) is 2.64. The molecule has 1 rings (SSSR count). The van der Waals surface area contributed by atoms with Crippen molar-refractivity contribution in [1.29, 1.82) is 0 Å². The number of carbonyl (C=O) groups is 1. The van der Waals surface area contributed by atoms with E-state index >= 15 is 0 Å². The van der Waals surface area contributed by atoms with E-state index in [-0.39, 0.29) is 27.9 Å². The minimum atomic E-state index is -2.66. The van der Waals surface area contributed by atoms with Crippen molar-refractivity contribution in [2.75, 3.05) is 6.61 Å². The highest BCUT2D eigenvalue weighted by molar-refractivity contribution is 9.10. The first kappa shape index (κ1) is 13.0. The van der Waals surface area contributed by atoms with Gasteiger partial charge in [-0.05, 0) is 35.3 Å². The molecule has 3 nitrogen and oxygen atoms in total. The van der Waals surface area contributed by atoms with Gasteiger partial charge in [0.2, 0.25) is 0 Å². The maximum Gasteiger partial charge on any atom is 0.357 e. The molecular weight excluding hydrogens is 284 g/mol. The van der Waals surface area contributed by atoms with Crippen LogP contribution in [0.5, 0.6) is 0 Å². The fraction of sp³-hybridized carbons (Fsp3) is 0.400. The Morgan fingerprint density at radius 3 is 2.75 bits per heavy atom. The van der Waals surface area contributed by atoms with Crippen LogP contribution in [0, 0.1) is 6.92 Å². The van der Waals surface area contributed by atoms with Gasteiger partial charge in [-0.1, -0.05) is 0 Å². The summed E-state index contributed by atoms with van der Waals surface area (Å²) in [6.07, 6.45) is -1.48. The minimum absolute atomic E-state index is 0.0691. The molecule has 0 bridgehead atoms. The van der Waals surface area contributed by atoms with Crippen molar-refractivity contribution in [2.45, 2.75) is 20.3 Å². The molecule has 16 heavy (non-hydrogen) atoms. The quantitative estimate of drug-likeness (QED) is 0.803. The van der Waals surface area contributed by atoms with Gasteiger partial charge in [-0.25, -0.2) is 18.6 Å². The Bertz CT molecular complexity index is 410. The molecule has 0 aliphatic rings. The van der Waals surface area contributed by atoms with Gasteiger partial charge in [-0.15, -0.1) is 0 Å². The van der Waals surface area contributed by atoms with Crippen molar-refractivity contribution in [3.8, 4) is 0 Å². The monoisotopic (exact) mass is 293 g/mol. The lowest BCUT2D eigenvalue weighted by atomic mass is 10.1. The molecule has 0 atom stereocenters. The normalized spacial score (nSPS) is 10.6. The zero-order valence-electron chi connectivity index (χ0n) is 8.76. The first-order valence-corrected chi connectivity index (χ1v) is 5.38. The molecule has 0 aromatic carbocycles. The van der Waals surface area contributed by atoms with E-state index in [1.165, 1.54) is 13.1 Å². The van der Waals surface area contributed by atoms with Crippen molar-refractivity contribution in [2.24, 2.45) is 0 Å². The van der Waals surface area contributed by atoms with Gasteiger partial charge in [0.05, 0.1) is 6.61 Å². The molecule has 1 aromatic heterocycles. The van der Waals surface area contributed by atoms with Crippen molar-refractivity contribution in [3.63, 3.8) is 0 Å². The van der Waals surface area contributed by atoms with Gasteiger partial charge in [0.25, 0.3) is 6.43 Å². The summed E-state index contributed by atoms with van der Waals surface area (Å²) in [5.41, 5.74) is -0.152. The first-order valence-electron chi connectivity index (χ1n) is 4.59. The minimum Gasteiger partial charge on any atom is -0.461 e. The third kappa shape index (κ3) is 2.55. The molecule has 0 saturated carbocycles. The summed E-state index contributed by atoms with van der Waals surface area (Å²) in [6, 6.07) is 0. The van der Waals surface area contributed by atoms with Crippen molar-refractivity contribution in [3.05, 3.63) is 27.5 Å². The SMILES string of the molecule is CCOC(=O)c1ncc(Br)c(C(F)F)c1C. The number of aromatic nitrogens is 1. The molecule has 1 heterocycles. The van der Waals surface area contributed by atoms with Crippen molar-refractivity contribution < 1.29 is 18.3 Å². The van der Waals surface area contributed by atoms with E-state index < -0.39 is 12.4 Å². The number of pyridine rings is 1. The van der Waals surface area contributed by atoms with Crippen LogP contribution in [-0.4, -0.2) is 17.6 Å². The van der Waals surface area contributed by atoms with E-state index in [2.05, 4.69) is 20.9 Å². The van der Waals surface area contributed by atoms with E-state index in [0.717, 1.165) is 0 Å². The second-order valence-corrected chi connectivity index (χ2v) is 3.87. The Balaban J connectivity index is 3.23. The van der Waals surface area contributed by atoms with Crippen molar-refractivity contribution in [1.82, 2.24) is 4.98 Å². The third-order valence-electron chi connectivity index (χ3n) is 2.01. The van der Waals surface area contributed by atoms with Crippen LogP contribution < -0.4 is 0 Å². The summed E-state index contributed by atoms with van der Waals surface area (Å²) in [5, 5.41) is 0. The average Bonchev–Trinajstić information content (AvgIpc) is 2.17. The number of nitrogens with zero attached hydrogens (tertiary/aromatic N) is 1. The maximum absolute atomic E-state index is 12.7. The highest BCUT2D eigenvalue weighted by Gasteiger charge is 2.22. The number of rotatable bonds is 3. The van der Waals surface area contributed by atoms with E-state index in [0.29, 0.717) is 0 Å². The van der Waals surface area contributed by atoms with Gasteiger partial charge >= 0.3 is 5.97 Å². The summed E-state index contributed by atoms with van der Waals surface area (Å²) in [6.45, 7) is 3.24. The second kappa shape index (κ2) is 5.34. The smallest absolute Gasteiger partial charge is 0.357 e. The van der Waals surface area contributed by atoms with Crippen LogP contribution in [0.1, 0.15) is 35.0 Å². The highest BCUT2D eigenvalue weighted by Crippen LogP contribution is 2.31. The van der Waals surface area contributed by atoms with Crippen LogP contribution in [0.4, 0.5) is 8.78 Å². The van der Waals surface area contributed by atoms with E-state index in [1.54, 1.807) is 6.92 Å². The lowest BCUT2D eigenvalue weighted by Gasteiger charge is -2.10. The van der Waals surface area contributed by atoms with Gasteiger partial charge < -0.3 is 4.74 Å². The topological polar surface area (TPSA) is 39.2 Å². The van der Waals surface area contributed by atoms with Gasteiger partial charge in [-0.3, -0.25) is 0 Å². The number of ether oxygens (including phenoxy) is 1. The molecule has 0 radical (unpaired) electrons. The van der Waals surface area contributed by atoms with Crippen LogP contribution in [0.25, 0.3) is 0 Å². The first-order chi connectivity index (χ1) is 7.49. The van der Waals surface area contributed by atoms with Crippen LogP contribution in [0.15, 0.2) is 10.7 Å². The maximum atomic E-state index is 12.7. The number of hydrogen-bond acceptors (Lipinski definition) is 3. The van der Waals surface area contributed by atoms with Gasteiger partial charge in [0, 0.05) is 16.2 Å². The lowest BCUT2D eigenvalue weighted by molar-refractivity contribution is 0.0518. The summed E-state index contributed by atoms with van der Waals surface area (Å²) in [5.74, 6) is -0.686. The largest absolute Gasteiger partial charge is 0.461 e. The summed E-state index contributed by atoms with van der Waals surface area (Å²) >= 11 is 2.98. The predicted octanol–water partition coefficient (Wildman–Crippen LogP) is 3.27.